The van der Waals surface area contributed by atoms with Crippen molar-refractivity contribution in [1.82, 2.24) is 5.43 Å². The smallest absolute Gasteiger partial charge is 0.416 e. The van der Waals surface area contributed by atoms with Gasteiger partial charge in [0.25, 0.3) is 0 Å². The van der Waals surface area contributed by atoms with Crippen LogP contribution in [-0.2, 0) is 15.8 Å². The molecule has 10 heteroatoms. The van der Waals surface area contributed by atoms with Crippen LogP contribution in [0.1, 0.15) is 37.3 Å². The van der Waals surface area contributed by atoms with E-state index in [0.717, 1.165) is 23.0 Å². The zero-order valence-corrected chi connectivity index (χ0v) is 18.2. The maximum atomic E-state index is 12.7. The van der Waals surface area contributed by atoms with Gasteiger partial charge in [0.1, 0.15) is 5.75 Å². The second-order valence-corrected chi connectivity index (χ2v) is 7.37. The fraction of sp³-hybridized carbons (Fsp3) is 0.286. The average Bonchev–Trinajstić information content (AvgIpc) is 2.71. The number of benzene rings is 2. The van der Waals surface area contributed by atoms with Crippen molar-refractivity contribution in [3.63, 3.8) is 0 Å². The van der Waals surface area contributed by atoms with Gasteiger partial charge in [0.15, 0.2) is 0 Å². The fourth-order valence-corrected chi connectivity index (χ4v) is 2.80. The molecule has 0 spiro atoms. The lowest BCUT2D eigenvalue weighted by Crippen LogP contribution is -2.20. The van der Waals surface area contributed by atoms with Gasteiger partial charge in [-0.15, -0.1) is 0 Å². The van der Waals surface area contributed by atoms with Crippen LogP contribution in [0.3, 0.4) is 0 Å². The van der Waals surface area contributed by atoms with E-state index in [4.69, 9.17) is 4.74 Å². The molecule has 0 saturated heterocycles. The Hall–Kier alpha value is -2.88. The van der Waals surface area contributed by atoms with Crippen molar-refractivity contribution in [2.75, 3.05) is 11.9 Å². The third-order valence-corrected chi connectivity index (χ3v) is 4.37. The number of amides is 2. The summed E-state index contributed by atoms with van der Waals surface area (Å²) in [6.45, 7) is 2.52. The molecule has 0 aliphatic carbocycles. The number of halogens is 4. The van der Waals surface area contributed by atoms with Crippen molar-refractivity contribution in [3.05, 3.63) is 58.1 Å². The van der Waals surface area contributed by atoms with E-state index in [1.54, 1.807) is 12.1 Å². The number of nitrogens with zero attached hydrogens (tertiary/aromatic N) is 1. The Morgan fingerprint density at radius 1 is 1.13 bits per heavy atom. The molecule has 0 radical (unpaired) electrons. The summed E-state index contributed by atoms with van der Waals surface area (Å²) < 4.78 is 44.6. The van der Waals surface area contributed by atoms with E-state index >= 15 is 0 Å². The predicted molar refractivity (Wildman–Crippen MR) is 115 cm³/mol. The second-order valence-electron chi connectivity index (χ2n) is 6.45. The zero-order chi connectivity index (χ0) is 22.9. The monoisotopic (exact) mass is 499 g/mol. The Kier molecular flexibility index (Phi) is 9.04. The van der Waals surface area contributed by atoms with E-state index in [0.29, 0.717) is 17.9 Å². The molecule has 0 heterocycles. The summed E-state index contributed by atoms with van der Waals surface area (Å²) >= 11 is 3.36. The first-order chi connectivity index (χ1) is 14.7. The van der Waals surface area contributed by atoms with Gasteiger partial charge in [-0.3, -0.25) is 9.59 Å². The molecule has 0 fully saturated rings. The first-order valence-corrected chi connectivity index (χ1v) is 10.2. The standard InChI is InChI=1S/C21H21BrF3N3O3/c1-2-10-31-18-7-6-16(22)11-14(18)13-26-28-20(30)9-8-19(29)27-17-5-3-4-15(12-17)21(23,24)25/h3-7,11-13H,2,8-10H2,1H3,(H,27,29)(H,28,30). The van der Waals surface area contributed by atoms with Crippen molar-refractivity contribution in [3.8, 4) is 5.75 Å². The number of hydrogen-bond acceptors (Lipinski definition) is 4. The van der Waals surface area contributed by atoms with Gasteiger partial charge in [-0.25, -0.2) is 5.43 Å². The van der Waals surface area contributed by atoms with Crippen LogP contribution in [0.15, 0.2) is 52.0 Å². The van der Waals surface area contributed by atoms with Crippen LogP contribution in [0.2, 0.25) is 0 Å². The highest BCUT2D eigenvalue weighted by Crippen LogP contribution is 2.30. The number of ether oxygens (including phenoxy) is 1. The number of alkyl halides is 3. The van der Waals surface area contributed by atoms with E-state index < -0.39 is 23.6 Å². The number of hydrogen-bond donors (Lipinski definition) is 2. The van der Waals surface area contributed by atoms with E-state index in [9.17, 15) is 22.8 Å². The molecule has 2 N–H and O–H groups in total. The molecule has 2 aromatic carbocycles. The molecule has 31 heavy (non-hydrogen) atoms. The third-order valence-electron chi connectivity index (χ3n) is 3.88. The van der Waals surface area contributed by atoms with Crippen molar-refractivity contribution >= 4 is 39.6 Å². The van der Waals surface area contributed by atoms with E-state index in [1.165, 1.54) is 18.3 Å². The molecular weight excluding hydrogens is 479 g/mol. The van der Waals surface area contributed by atoms with Gasteiger partial charge in [0.2, 0.25) is 11.8 Å². The van der Waals surface area contributed by atoms with Crippen molar-refractivity contribution in [2.24, 2.45) is 5.10 Å². The Labute approximate surface area is 186 Å². The lowest BCUT2D eigenvalue weighted by atomic mass is 10.2. The van der Waals surface area contributed by atoms with E-state index in [2.05, 4.69) is 31.8 Å². The van der Waals surface area contributed by atoms with Gasteiger partial charge < -0.3 is 10.1 Å². The van der Waals surface area contributed by atoms with E-state index in [1.807, 2.05) is 13.0 Å². The minimum absolute atomic E-state index is 0.00696. The first-order valence-electron chi connectivity index (χ1n) is 9.40. The molecule has 0 aromatic heterocycles. The molecule has 0 bridgehead atoms. The first kappa shape index (κ1) is 24.4. The SMILES string of the molecule is CCCOc1ccc(Br)cc1C=NNC(=O)CCC(=O)Nc1cccc(C(F)(F)F)c1. The molecule has 6 nitrogen and oxygen atoms in total. The van der Waals surface area contributed by atoms with Gasteiger partial charge in [-0.2, -0.15) is 18.3 Å². The molecule has 0 aliphatic heterocycles. The summed E-state index contributed by atoms with van der Waals surface area (Å²) in [7, 11) is 0. The molecular formula is C21H21BrF3N3O3. The molecule has 2 amide bonds. The van der Waals surface area contributed by atoms with Crippen LogP contribution < -0.4 is 15.5 Å². The van der Waals surface area contributed by atoms with Gasteiger partial charge >= 0.3 is 6.18 Å². The number of rotatable bonds is 9. The topological polar surface area (TPSA) is 79.8 Å². The second kappa shape index (κ2) is 11.5. The van der Waals surface area contributed by atoms with Crippen LogP contribution in [0.4, 0.5) is 18.9 Å². The molecule has 2 aromatic rings. The highest BCUT2D eigenvalue weighted by Gasteiger charge is 2.30. The molecule has 0 atom stereocenters. The maximum Gasteiger partial charge on any atom is 0.416 e. The minimum Gasteiger partial charge on any atom is -0.493 e. The van der Waals surface area contributed by atoms with E-state index in [-0.39, 0.29) is 18.5 Å². The zero-order valence-electron chi connectivity index (χ0n) is 16.6. The van der Waals surface area contributed by atoms with Crippen LogP contribution in [0.5, 0.6) is 5.75 Å². The van der Waals surface area contributed by atoms with Gasteiger partial charge in [0, 0.05) is 28.6 Å². The van der Waals surface area contributed by atoms with Crippen molar-refractivity contribution in [2.45, 2.75) is 32.4 Å². The van der Waals surface area contributed by atoms with Gasteiger partial charge in [-0.1, -0.05) is 28.9 Å². The number of hydrazone groups is 1. The lowest BCUT2D eigenvalue weighted by molar-refractivity contribution is -0.137. The third kappa shape index (κ3) is 8.41. The molecule has 0 saturated carbocycles. The number of nitrogens with one attached hydrogen (secondary N) is 2. The Bertz CT molecular complexity index is 949. The number of carbonyl (C=O) groups excluding carboxylic acids is 2. The van der Waals surface area contributed by atoms with Gasteiger partial charge in [-0.05, 0) is 42.8 Å². The Morgan fingerprint density at radius 2 is 1.87 bits per heavy atom. The summed E-state index contributed by atoms with van der Waals surface area (Å²) in [6.07, 6.45) is -2.63. The highest BCUT2D eigenvalue weighted by molar-refractivity contribution is 9.10. The maximum absolute atomic E-state index is 12.7. The summed E-state index contributed by atoms with van der Waals surface area (Å²) in [4.78, 5) is 23.8. The summed E-state index contributed by atoms with van der Waals surface area (Å²) in [5.74, 6) is -0.481. The molecule has 0 unspecified atom stereocenters. The fourth-order valence-electron chi connectivity index (χ4n) is 2.42. The lowest BCUT2D eigenvalue weighted by Gasteiger charge is -2.09. The van der Waals surface area contributed by atoms with Crippen LogP contribution in [0, 0.1) is 0 Å². The normalized spacial score (nSPS) is 11.4. The van der Waals surface area contributed by atoms with Crippen LogP contribution >= 0.6 is 15.9 Å². The average molecular weight is 500 g/mol. The predicted octanol–water partition coefficient (Wildman–Crippen LogP) is 5.13. The summed E-state index contributed by atoms with van der Waals surface area (Å²) in [5, 5.41) is 6.22. The quantitative estimate of drug-likeness (QED) is 0.371. The van der Waals surface area contributed by atoms with Crippen LogP contribution in [-0.4, -0.2) is 24.6 Å². The Morgan fingerprint density at radius 3 is 2.58 bits per heavy atom. The minimum atomic E-state index is -4.51. The molecule has 166 valence electrons. The number of anilines is 1. The van der Waals surface area contributed by atoms with Crippen molar-refractivity contribution in [1.29, 1.82) is 0 Å². The summed E-state index contributed by atoms with van der Waals surface area (Å²) in [6, 6.07) is 9.66. The highest BCUT2D eigenvalue weighted by atomic mass is 79.9. The Balaban J connectivity index is 1.85. The van der Waals surface area contributed by atoms with Crippen LogP contribution in [0.25, 0.3) is 0 Å². The molecule has 2 rings (SSSR count). The van der Waals surface area contributed by atoms with Crippen molar-refractivity contribution < 1.29 is 27.5 Å². The van der Waals surface area contributed by atoms with Gasteiger partial charge in [0.05, 0.1) is 18.4 Å². The molecule has 0 aliphatic rings. The number of carbonyl (C=O) groups is 2. The largest absolute Gasteiger partial charge is 0.493 e. The summed E-state index contributed by atoms with van der Waals surface area (Å²) in [5.41, 5.74) is 2.11.